The van der Waals surface area contributed by atoms with Gasteiger partial charge in [0.1, 0.15) is 11.7 Å². The molecule has 4 rings (SSSR count). The Bertz CT molecular complexity index is 1010. The number of oxime groups is 1. The second kappa shape index (κ2) is 8.13. The van der Waals surface area contributed by atoms with Crippen LogP contribution >= 0.6 is 0 Å². The third kappa shape index (κ3) is 3.98. The average Bonchev–Trinajstić information content (AvgIpc) is 2.88. The number of hydrogen-bond acceptors (Lipinski definition) is 6. The summed E-state index contributed by atoms with van der Waals surface area (Å²) in [5, 5.41) is 3.70. The van der Waals surface area contributed by atoms with Crippen molar-refractivity contribution in [3.8, 4) is 0 Å². The third-order valence-corrected chi connectivity index (χ3v) is 5.49. The molecule has 156 valence electrons. The van der Waals surface area contributed by atoms with Crippen molar-refractivity contribution >= 4 is 17.7 Å². The van der Waals surface area contributed by atoms with Gasteiger partial charge in [0.05, 0.1) is 11.8 Å². The molecule has 0 aromatic carbocycles. The second-order valence-corrected chi connectivity index (χ2v) is 7.35. The Balaban J connectivity index is 1.46. The Morgan fingerprint density at radius 3 is 2.80 bits per heavy atom. The molecule has 10 heteroatoms. The van der Waals surface area contributed by atoms with Crippen LogP contribution in [0.4, 0.5) is 8.78 Å². The van der Waals surface area contributed by atoms with E-state index in [9.17, 15) is 18.4 Å². The molecular formula is C20H19F2N5O3. The zero-order valence-corrected chi connectivity index (χ0v) is 15.9. The lowest BCUT2D eigenvalue weighted by Crippen LogP contribution is -2.49. The van der Waals surface area contributed by atoms with Gasteiger partial charge in [0.25, 0.3) is 5.91 Å². The second-order valence-electron chi connectivity index (χ2n) is 7.35. The molecular weight excluding hydrogens is 396 g/mol. The number of halogens is 2. The van der Waals surface area contributed by atoms with Gasteiger partial charge in [-0.2, -0.15) is 4.39 Å². The molecule has 0 aliphatic carbocycles. The number of amides is 1. The van der Waals surface area contributed by atoms with Gasteiger partial charge in [-0.3, -0.25) is 4.79 Å². The van der Waals surface area contributed by atoms with Crippen LogP contribution in [-0.2, 0) is 11.3 Å². The van der Waals surface area contributed by atoms with Gasteiger partial charge in [-0.25, -0.2) is 19.2 Å². The maximum Gasteiger partial charge on any atom is 0.383 e. The van der Waals surface area contributed by atoms with Gasteiger partial charge in [0, 0.05) is 24.7 Å². The molecule has 1 amide bonds. The highest BCUT2D eigenvalue weighted by Gasteiger charge is 2.36. The van der Waals surface area contributed by atoms with Crippen LogP contribution in [0.1, 0.15) is 45.7 Å². The number of carbonyl (C=O) groups excluding carboxylic acids is 2. The van der Waals surface area contributed by atoms with E-state index >= 15 is 0 Å². The summed E-state index contributed by atoms with van der Waals surface area (Å²) >= 11 is 0. The molecule has 2 aliphatic heterocycles. The number of nitrogens with zero attached hydrogens (tertiary/aromatic N) is 4. The quantitative estimate of drug-likeness (QED) is 0.270. The predicted molar refractivity (Wildman–Crippen MR) is 101 cm³/mol. The van der Waals surface area contributed by atoms with Gasteiger partial charge in [-0.1, -0.05) is 5.16 Å². The van der Waals surface area contributed by atoms with Gasteiger partial charge >= 0.3 is 5.97 Å². The van der Waals surface area contributed by atoms with E-state index < -0.39 is 17.7 Å². The fourth-order valence-electron chi connectivity index (χ4n) is 3.87. The molecule has 1 saturated heterocycles. The number of aromatic nitrogens is 2. The summed E-state index contributed by atoms with van der Waals surface area (Å²) in [5.74, 6) is -2.47. The Kier molecular flexibility index (Phi) is 5.39. The van der Waals surface area contributed by atoms with Gasteiger partial charge < -0.3 is 15.5 Å². The van der Waals surface area contributed by atoms with Gasteiger partial charge in [-0.05, 0) is 49.4 Å². The third-order valence-electron chi connectivity index (χ3n) is 5.49. The van der Waals surface area contributed by atoms with Crippen LogP contribution in [0.15, 0.2) is 35.7 Å². The first-order chi connectivity index (χ1) is 14.4. The van der Waals surface area contributed by atoms with Crippen LogP contribution in [0.2, 0.25) is 0 Å². The molecule has 2 atom stereocenters. The normalized spacial score (nSPS) is 21.5. The van der Waals surface area contributed by atoms with E-state index in [0.717, 1.165) is 18.7 Å². The Morgan fingerprint density at radius 1 is 1.20 bits per heavy atom. The first kappa shape index (κ1) is 19.9. The monoisotopic (exact) mass is 415 g/mol. The van der Waals surface area contributed by atoms with Crippen molar-refractivity contribution in [1.29, 1.82) is 0 Å². The van der Waals surface area contributed by atoms with Crippen LogP contribution < -0.4 is 5.73 Å². The molecule has 30 heavy (non-hydrogen) atoms. The smallest absolute Gasteiger partial charge is 0.383 e. The molecule has 2 aromatic rings. The summed E-state index contributed by atoms with van der Waals surface area (Å²) in [5.41, 5.74) is 6.96. The molecule has 0 saturated carbocycles. The molecule has 1 fully saturated rings. The lowest BCUT2D eigenvalue weighted by atomic mass is 9.90. The lowest BCUT2D eigenvalue weighted by molar-refractivity contribution is 0.0489. The molecule has 0 unspecified atom stereocenters. The van der Waals surface area contributed by atoms with E-state index in [1.165, 1.54) is 18.3 Å². The predicted octanol–water partition coefficient (Wildman–Crippen LogP) is 2.05. The van der Waals surface area contributed by atoms with Crippen molar-refractivity contribution in [2.24, 2.45) is 16.8 Å². The number of pyridine rings is 2. The Hall–Kier alpha value is -3.43. The van der Waals surface area contributed by atoms with Crippen LogP contribution in [0.5, 0.6) is 0 Å². The number of amidine groups is 1. The molecule has 2 N–H and O–H groups in total. The highest BCUT2D eigenvalue weighted by atomic mass is 19.1. The van der Waals surface area contributed by atoms with Crippen molar-refractivity contribution in [1.82, 2.24) is 14.9 Å². The highest BCUT2D eigenvalue weighted by Crippen LogP contribution is 2.31. The number of rotatable bonds is 3. The lowest BCUT2D eigenvalue weighted by Gasteiger charge is -2.38. The molecule has 4 heterocycles. The fourth-order valence-corrected chi connectivity index (χ4v) is 3.87. The van der Waals surface area contributed by atoms with Crippen LogP contribution in [0, 0.1) is 17.7 Å². The Labute approximate surface area is 170 Å². The SMILES string of the molecule is N/C(=N\OC(=O)c1ccc(F)cn1)[C@@H]1CC[C@H]2CCc3cc(F)ncc3C(=O)N2C1. The van der Waals surface area contributed by atoms with E-state index in [-0.39, 0.29) is 29.4 Å². The zero-order chi connectivity index (χ0) is 21.3. The summed E-state index contributed by atoms with van der Waals surface area (Å²) in [6.45, 7) is 0.308. The minimum atomic E-state index is -0.862. The first-order valence-corrected chi connectivity index (χ1v) is 9.54. The number of fused-ring (bicyclic) bond motifs is 2. The molecule has 8 nitrogen and oxygen atoms in total. The van der Waals surface area contributed by atoms with Crippen molar-refractivity contribution in [2.75, 3.05) is 6.54 Å². The van der Waals surface area contributed by atoms with E-state index in [2.05, 4.69) is 15.1 Å². The number of aryl methyl sites for hydroxylation is 1. The van der Waals surface area contributed by atoms with Crippen LogP contribution in [-0.4, -0.2) is 45.2 Å². The minimum Gasteiger partial charge on any atom is -0.384 e. The number of nitrogens with two attached hydrogens (primary N) is 1. The van der Waals surface area contributed by atoms with Gasteiger partial charge in [0.2, 0.25) is 5.95 Å². The van der Waals surface area contributed by atoms with E-state index in [1.807, 2.05) is 0 Å². The Morgan fingerprint density at radius 2 is 2.03 bits per heavy atom. The number of hydrogen-bond donors (Lipinski definition) is 1. The number of piperidine rings is 1. The summed E-state index contributed by atoms with van der Waals surface area (Å²) in [6, 6.07) is 3.59. The summed E-state index contributed by atoms with van der Waals surface area (Å²) < 4.78 is 26.4. The topological polar surface area (TPSA) is 111 Å². The van der Waals surface area contributed by atoms with Crippen molar-refractivity contribution in [3.05, 3.63) is 59.2 Å². The first-order valence-electron chi connectivity index (χ1n) is 9.54. The van der Waals surface area contributed by atoms with Crippen LogP contribution in [0.3, 0.4) is 0 Å². The zero-order valence-electron chi connectivity index (χ0n) is 15.9. The maximum absolute atomic E-state index is 13.5. The van der Waals surface area contributed by atoms with Crippen LogP contribution in [0.25, 0.3) is 0 Å². The molecule has 2 aromatic heterocycles. The highest BCUT2D eigenvalue weighted by molar-refractivity contribution is 5.96. The van der Waals surface area contributed by atoms with Crippen molar-refractivity contribution in [2.45, 2.75) is 31.7 Å². The molecule has 0 bridgehead atoms. The number of carbonyl (C=O) groups is 2. The van der Waals surface area contributed by atoms with Crippen molar-refractivity contribution in [3.63, 3.8) is 0 Å². The minimum absolute atomic E-state index is 0.0166. The summed E-state index contributed by atoms with van der Waals surface area (Å²) in [6.07, 6.45) is 4.85. The average molecular weight is 415 g/mol. The maximum atomic E-state index is 13.5. The van der Waals surface area contributed by atoms with Crippen molar-refractivity contribution < 1.29 is 23.2 Å². The van der Waals surface area contributed by atoms with E-state index in [4.69, 9.17) is 10.6 Å². The molecule has 0 spiro atoms. The van der Waals surface area contributed by atoms with E-state index in [1.54, 1.807) is 4.90 Å². The summed E-state index contributed by atoms with van der Waals surface area (Å²) in [7, 11) is 0. The molecule has 2 aliphatic rings. The van der Waals surface area contributed by atoms with E-state index in [0.29, 0.717) is 36.9 Å². The fraction of sp³-hybridized carbons (Fsp3) is 0.350. The van der Waals surface area contributed by atoms with Gasteiger partial charge in [0.15, 0.2) is 5.69 Å². The van der Waals surface area contributed by atoms with Gasteiger partial charge in [-0.15, -0.1) is 0 Å². The molecule has 0 radical (unpaired) electrons. The standard InChI is InChI=1S/C20H19F2N5O3/c21-13-3-6-16(24-8-13)20(29)30-26-18(23)12-2-5-14-4-1-11-7-17(22)25-9-15(11)19(28)27(14)10-12/h3,6-9,12,14H,1-2,4-5,10H2,(H2,23,26)/t12-,14-/m1/s1. The summed E-state index contributed by atoms with van der Waals surface area (Å²) in [4.78, 5) is 38.7. The largest absolute Gasteiger partial charge is 0.384 e.